The Kier molecular flexibility index (Phi) is 3.42. The van der Waals surface area contributed by atoms with E-state index in [4.69, 9.17) is 0 Å². The molecule has 82 valence electrons. The highest BCUT2D eigenvalue weighted by Crippen LogP contribution is 2.33. The zero-order valence-electron chi connectivity index (χ0n) is 9.74. The van der Waals surface area contributed by atoms with Gasteiger partial charge >= 0.3 is 0 Å². The van der Waals surface area contributed by atoms with Gasteiger partial charge in [0.15, 0.2) is 0 Å². The smallest absolute Gasteiger partial charge is 0.0294 e. The van der Waals surface area contributed by atoms with Crippen LogP contribution >= 0.6 is 0 Å². The van der Waals surface area contributed by atoms with E-state index in [2.05, 4.69) is 49.5 Å². The fraction of sp³-hybridized carbons (Fsp3) is 0.571. The van der Waals surface area contributed by atoms with Gasteiger partial charge in [0.05, 0.1) is 0 Å². The Balaban J connectivity index is 1.82. The van der Waals surface area contributed by atoms with Crippen LogP contribution in [0.2, 0.25) is 0 Å². The molecule has 1 fully saturated rings. The Labute approximate surface area is 92.9 Å². The maximum atomic E-state index is 3.67. The van der Waals surface area contributed by atoms with E-state index < -0.39 is 0 Å². The summed E-state index contributed by atoms with van der Waals surface area (Å²) in [7, 11) is 0. The summed E-state index contributed by atoms with van der Waals surface area (Å²) in [4.78, 5) is 0. The average Bonchev–Trinajstić information content (AvgIpc) is 3.03. The third kappa shape index (κ3) is 3.35. The summed E-state index contributed by atoms with van der Waals surface area (Å²) in [6.45, 7) is 4.55. The van der Waals surface area contributed by atoms with Crippen molar-refractivity contribution in [2.45, 2.75) is 45.2 Å². The first-order valence-corrected chi connectivity index (χ1v) is 6.06. The zero-order chi connectivity index (χ0) is 10.7. The van der Waals surface area contributed by atoms with Crippen molar-refractivity contribution >= 4 is 0 Å². The second kappa shape index (κ2) is 4.80. The molecule has 2 rings (SSSR count). The van der Waals surface area contributed by atoms with Gasteiger partial charge in [-0.2, -0.15) is 0 Å². The normalized spacial score (nSPS) is 19.9. The fourth-order valence-electron chi connectivity index (χ4n) is 2.19. The molecule has 1 heteroatoms. The van der Waals surface area contributed by atoms with Crippen molar-refractivity contribution in [2.24, 2.45) is 5.92 Å². The van der Waals surface area contributed by atoms with Gasteiger partial charge in [-0.15, -0.1) is 0 Å². The quantitative estimate of drug-likeness (QED) is 0.772. The van der Waals surface area contributed by atoms with Gasteiger partial charge in [0, 0.05) is 12.1 Å². The van der Waals surface area contributed by atoms with Gasteiger partial charge < -0.3 is 5.32 Å². The summed E-state index contributed by atoms with van der Waals surface area (Å²) < 4.78 is 0. The summed E-state index contributed by atoms with van der Waals surface area (Å²) in [6, 6.07) is 11.8. The topological polar surface area (TPSA) is 12.0 Å². The fourth-order valence-corrected chi connectivity index (χ4v) is 2.19. The van der Waals surface area contributed by atoms with E-state index in [9.17, 15) is 0 Å². The minimum Gasteiger partial charge on any atom is -0.308 e. The molecule has 1 N–H and O–H groups in total. The number of rotatable bonds is 5. The zero-order valence-corrected chi connectivity index (χ0v) is 9.74. The highest BCUT2D eigenvalue weighted by molar-refractivity contribution is 5.18. The molecule has 0 bridgehead atoms. The van der Waals surface area contributed by atoms with Crippen molar-refractivity contribution in [3.63, 3.8) is 0 Å². The highest BCUT2D eigenvalue weighted by atomic mass is 14.9. The molecule has 1 unspecified atom stereocenters. The van der Waals surface area contributed by atoms with E-state index in [1.54, 1.807) is 0 Å². The summed E-state index contributed by atoms with van der Waals surface area (Å²) in [6.07, 6.45) is 4.24. The van der Waals surface area contributed by atoms with E-state index in [0.29, 0.717) is 12.1 Å². The van der Waals surface area contributed by atoms with Gasteiger partial charge in [-0.1, -0.05) is 43.2 Å². The Morgan fingerprint density at radius 1 is 1.20 bits per heavy atom. The van der Waals surface area contributed by atoms with E-state index in [-0.39, 0.29) is 0 Å². The first-order valence-electron chi connectivity index (χ1n) is 6.06. The Morgan fingerprint density at radius 2 is 1.87 bits per heavy atom. The molecule has 1 saturated carbocycles. The molecule has 0 spiro atoms. The largest absolute Gasteiger partial charge is 0.308 e. The summed E-state index contributed by atoms with van der Waals surface area (Å²) in [5.41, 5.74) is 1.39. The van der Waals surface area contributed by atoms with Crippen LogP contribution in [-0.4, -0.2) is 6.04 Å². The minimum atomic E-state index is 0.472. The van der Waals surface area contributed by atoms with E-state index in [1.807, 2.05) is 0 Å². The van der Waals surface area contributed by atoms with Gasteiger partial charge in [0.25, 0.3) is 0 Å². The molecule has 1 aromatic carbocycles. The molecule has 15 heavy (non-hydrogen) atoms. The SMILES string of the molecule is CC(CC1CC1)N[C@@H](C)c1ccccc1. The lowest BCUT2D eigenvalue weighted by atomic mass is 10.1. The third-order valence-electron chi connectivity index (χ3n) is 3.22. The van der Waals surface area contributed by atoms with Crippen molar-refractivity contribution in [3.05, 3.63) is 35.9 Å². The first-order chi connectivity index (χ1) is 7.25. The van der Waals surface area contributed by atoms with E-state index in [0.717, 1.165) is 5.92 Å². The maximum absolute atomic E-state index is 3.67. The number of hydrogen-bond donors (Lipinski definition) is 1. The molecule has 1 nitrogen and oxygen atoms in total. The molecule has 0 aromatic heterocycles. The standard InChI is InChI=1S/C14H21N/c1-11(10-13-8-9-13)15-12(2)14-6-4-3-5-7-14/h3-7,11-13,15H,8-10H2,1-2H3/t11?,12-/m0/s1. The van der Waals surface area contributed by atoms with Crippen LogP contribution in [0.3, 0.4) is 0 Å². The van der Waals surface area contributed by atoms with Crippen molar-refractivity contribution in [2.75, 3.05) is 0 Å². The van der Waals surface area contributed by atoms with Crippen LogP contribution in [0, 0.1) is 5.92 Å². The molecular weight excluding hydrogens is 182 g/mol. The molecular formula is C14H21N. The van der Waals surface area contributed by atoms with E-state index >= 15 is 0 Å². The number of nitrogens with one attached hydrogen (secondary N) is 1. The van der Waals surface area contributed by atoms with Crippen LogP contribution in [0.15, 0.2) is 30.3 Å². The van der Waals surface area contributed by atoms with Gasteiger partial charge in [-0.25, -0.2) is 0 Å². The van der Waals surface area contributed by atoms with Crippen LogP contribution in [0.25, 0.3) is 0 Å². The Morgan fingerprint density at radius 3 is 2.47 bits per heavy atom. The molecule has 0 amide bonds. The lowest BCUT2D eigenvalue weighted by molar-refractivity contribution is 0.438. The second-order valence-electron chi connectivity index (χ2n) is 4.88. The van der Waals surface area contributed by atoms with Crippen LogP contribution in [0.1, 0.15) is 44.7 Å². The number of benzene rings is 1. The molecule has 1 aliphatic carbocycles. The first kappa shape index (κ1) is 10.7. The van der Waals surface area contributed by atoms with Crippen molar-refractivity contribution in [1.82, 2.24) is 5.32 Å². The molecule has 0 aliphatic heterocycles. The number of hydrogen-bond acceptors (Lipinski definition) is 1. The van der Waals surface area contributed by atoms with Crippen LogP contribution in [0.5, 0.6) is 0 Å². The van der Waals surface area contributed by atoms with Crippen LogP contribution in [0.4, 0.5) is 0 Å². The summed E-state index contributed by atoms with van der Waals surface area (Å²) >= 11 is 0. The predicted octanol–water partition coefficient (Wildman–Crippen LogP) is 3.53. The monoisotopic (exact) mass is 203 g/mol. The van der Waals surface area contributed by atoms with Crippen molar-refractivity contribution in [3.8, 4) is 0 Å². The predicted molar refractivity (Wildman–Crippen MR) is 64.8 cm³/mol. The molecule has 0 saturated heterocycles. The van der Waals surface area contributed by atoms with Gasteiger partial charge in [0.1, 0.15) is 0 Å². The maximum Gasteiger partial charge on any atom is 0.0294 e. The lowest BCUT2D eigenvalue weighted by Crippen LogP contribution is -2.29. The Bertz CT molecular complexity index is 289. The summed E-state index contributed by atoms with van der Waals surface area (Å²) in [5, 5.41) is 3.67. The van der Waals surface area contributed by atoms with Crippen molar-refractivity contribution < 1.29 is 0 Å². The Hall–Kier alpha value is -0.820. The molecule has 0 radical (unpaired) electrons. The lowest BCUT2D eigenvalue weighted by Gasteiger charge is -2.20. The second-order valence-corrected chi connectivity index (χ2v) is 4.88. The van der Waals surface area contributed by atoms with Crippen molar-refractivity contribution in [1.29, 1.82) is 0 Å². The van der Waals surface area contributed by atoms with E-state index in [1.165, 1.54) is 24.8 Å². The van der Waals surface area contributed by atoms with Gasteiger partial charge in [0.2, 0.25) is 0 Å². The molecule has 2 atom stereocenters. The average molecular weight is 203 g/mol. The molecule has 1 aromatic rings. The third-order valence-corrected chi connectivity index (χ3v) is 3.22. The van der Waals surface area contributed by atoms with Gasteiger partial charge in [-0.05, 0) is 31.7 Å². The highest BCUT2D eigenvalue weighted by Gasteiger charge is 2.23. The summed E-state index contributed by atoms with van der Waals surface area (Å²) in [5.74, 6) is 1.01. The van der Waals surface area contributed by atoms with Crippen LogP contribution in [-0.2, 0) is 0 Å². The minimum absolute atomic E-state index is 0.472. The molecule has 0 heterocycles. The van der Waals surface area contributed by atoms with Crippen LogP contribution < -0.4 is 5.32 Å². The van der Waals surface area contributed by atoms with Gasteiger partial charge in [-0.3, -0.25) is 0 Å². The molecule has 1 aliphatic rings.